The van der Waals surface area contributed by atoms with Gasteiger partial charge in [0.05, 0.1) is 34.8 Å². The smallest absolute Gasteiger partial charge is 0.225 e. The number of carbonyl (C=O) groups is 1. The zero-order valence-electron chi connectivity index (χ0n) is 35.6. The van der Waals surface area contributed by atoms with Gasteiger partial charge in [-0.2, -0.15) is 0 Å². The summed E-state index contributed by atoms with van der Waals surface area (Å²) in [6.45, 7) is 7.53. The van der Waals surface area contributed by atoms with E-state index < -0.39 is 0 Å². The molecule has 4 atom stereocenters. The highest BCUT2D eigenvalue weighted by molar-refractivity contribution is 6.30. The Morgan fingerprint density at radius 1 is 0.635 bits per heavy atom. The Morgan fingerprint density at radius 3 is 1.51 bits per heavy atom. The van der Waals surface area contributed by atoms with Gasteiger partial charge in [-0.05, 0) is 135 Å². The van der Waals surface area contributed by atoms with Gasteiger partial charge in [0.15, 0.2) is 0 Å². The number of nitrogens with zero attached hydrogens (tertiary/aromatic N) is 13. The minimum absolute atomic E-state index is 0.0838. The molecule has 0 bridgehead atoms. The first-order valence-electron chi connectivity index (χ1n) is 22.2. The van der Waals surface area contributed by atoms with Gasteiger partial charge in [-0.25, -0.2) is 19.9 Å². The number of anilines is 4. The minimum atomic E-state index is 0.0838. The monoisotopic (exact) mass is 888 g/mol. The molecule has 17 heteroatoms. The van der Waals surface area contributed by atoms with Crippen LogP contribution in [0.1, 0.15) is 58.3 Å². The quantitative estimate of drug-likeness (QED) is 0.113. The zero-order valence-corrected chi connectivity index (χ0v) is 37.1. The molecule has 1 N–H and O–H groups in total. The van der Waals surface area contributed by atoms with E-state index in [-0.39, 0.29) is 5.91 Å². The van der Waals surface area contributed by atoms with Crippen molar-refractivity contribution in [3.8, 4) is 11.4 Å². The second-order valence-corrected chi connectivity index (χ2v) is 18.2. The van der Waals surface area contributed by atoms with E-state index in [0.717, 1.165) is 104 Å². The van der Waals surface area contributed by atoms with Crippen molar-refractivity contribution in [3.63, 3.8) is 0 Å². The maximum atomic E-state index is 12.3. The second-order valence-electron chi connectivity index (χ2n) is 17.3. The Hall–Kier alpha value is -5.67. The number of hydrogen-bond donors (Lipinski definition) is 1. The molecular weight excluding hydrogens is 836 g/mol. The summed E-state index contributed by atoms with van der Waals surface area (Å²) in [4.78, 5) is 36.2. The van der Waals surface area contributed by atoms with Crippen molar-refractivity contribution >= 4 is 52.4 Å². The Balaban J connectivity index is 0.000000161. The van der Waals surface area contributed by atoms with Crippen LogP contribution in [0.4, 0.5) is 23.3 Å². The van der Waals surface area contributed by atoms with E-state index in [1.807, 2.05) is 38.3 Å². The third kappa shape index (κ3) is 10.9. The molecule has 2 aliphatic carbocycles. The van der Waals surface area contributed by atoms with E-state index in [1.54, 1.807) is 57.0 Å². The van der Waals surface area contributed by atoms with Crippen molar-refractivity contribution in [3.05, 3.63) is 109 Å². The van der Waals surface area contributed by atoms with Gasteiger partial charge in [0, 0.05) is 68.9 Å². The average molecular weight is 890 g/mol. The van der Waals surface area contributed by atoms with Gasteiger partial charge in [-0.3, -0.25) is 13.9 Å². The molecule has 4 aliphatic rings. The molecule has 328 valence electrons. The summed E-state index contributed by atoms with van der Waals surface area (Å²) >= 11 is 11.8. The number of carbonyl (C=O) groups excluding carboxylic acids is 1. The molecule has 0 unspecified atom stereocenters. The number of halogens is 2. The molecule has 10 rings (SSSR count). The number of amides is 1. The maximum Gasteiger partial charge on any atom is 0.225 e. The average Bonchev–Trinajstić information content (AvgIpc) is 4.10. The fraction of sp³-hybridized carbons (Fsp3) is 0.457. The lowest BCUT2D eigenvalue weighted by atomic mass is 9.90. The lowest BCUT2D eigenvalue weighted by Gasteiger charge is -2.32. The fourth-order valence-electron chi connectivity index (χ4n) is 9.74. The molecule has 2 saturated carbocycles. The Labute approximate surface area is 378 Å². The highest BCUT2D eigenvalue weighted by Gasteiger charge is 2.44. The van der Waals surface area contributed by atoms with Crippen LogP contribution in [0.3, 0.4) is 0 Å². The van der Waals surface area contributed by atoms with Gasteiger partial charge in [0.1, 0.15) is 25.3 Å². The molecule has 6 heterocycles. The van der Waals surface area contributed by atoms with E-state index in [0.29, 0.717) is 16.0 Å². The molecule has 15 nitrogen and oxygen atoms in total. The van der Waals surface area contributed by atoms with Crippen LogP contribution in [-0.4, -0.2) is 94.6 Å². The van der Waals surface area contributed by atoms with Crippen LogP contribution in [0.2, 0.25) is 10.0 Å². The van der Waals surface area contributed by atoms with Gasteiger partial charge in [-0.1, -0.05) is 23.2 Å². The highest BCUT2D eigenvalue weighted by atomic mass is 35.5. The van der Waals surface area contributed by atoms with Crippen molar-refractivity contribution in [1.29, 1.82) is 0 Å². The number of hydrogen-bond acceptors (Lipinski definition) is 12. The van der Waals surface area contributed by atoms with Crippen LogP contribution >= 0.6 is 23.2 Å². The number of piperidine rings is 2. The van der Waals surface area contributed by atoms with Crippen LogP contribution < -0.4 is 20.0 Å². The highest BCUT2D eigenvalue weighted by Crippen LogP contribution is 2.51. The molecule has 0 radical (unpaired) electrons. The first kappa shape index (κ1) is 42.6. The van der Waals surface area contributed by atoms with Crippen LogP contribution in [0.25, 0.3) is 11.4 Å². The van der Waals surface area contributed by atoms with E-state index in [2.05, 4.69) is 79.7 Å². The lowest BCUT2D eigenvalue weighted by molar-refractivity contribution is -0.116. The summed E-state index contributed by atoms with van der Waals surface area (Å²) in [6, 6.07) is 16.4. The first-order chi connectivity index (χ1) is 30.8. The van der Waals surface area contributed by atoms with Crippen LogP contribution in [0.5, 0.6) is 0 Å². The molecule has 2 aliphatic heterocycles. The van der Waals surface area contributed by atoms with Gasteiger partial charge in [0.25, 0.3) is 0 Å². The number of rotatable bonds is 14. The van der Waals surface area contributed by atoms with Crippen LogP contribution in [0, 0.1) is 35.5 Å². The third-order valence-corrected chi connectivity index (χ3v) is 13.8. The Morgan fingerprint density at radius 2 is 1.06 bits per heavy atom. The molecule has 4 fully saturated rings. The molecule has 1 amide bonds. The molecule has 6 aromatic rings. The van der Waals surface area contributed by atoms with E-state index >= 15 is 0 Å². The van der Waals surface area contributed by atoms with E-state index in [9.17, 15) is 4.79 Å². The van der Waals surface area contributed by atoms with E-state index in [1.165, 1.54) is 50.6 Å². The first-order valence-corrected chi connectivity index (χ1v) is 23.0. The SMILES string of the molecule is CC(=O)N(CC[C@@H]1C[C@@H]1C1CCN(c2ncc(Cl)cn2)CC1)c1ccc(-n2cnnc2)cc1.Clc1cnc(N2CCC([C@H]3C[C@H]3CCNc3ccc(-n4cnnc4)cc3)CC2)nc1. The topological polar surface area (TPSA) is 152 Å². The van der Waals surface area contributed by atoms with Crippen LogP contribution in [-0.2, 0) is 4.79 Å². The zero-order chi connectivity index (χ0) is 43.1. The second kappa shape index (κ2) is 19.8. The molecule has 63 heavy (non-hydrogen) atoms. The van der Waals surface area contributed by atoms with Crippen molar-refractivity contribution in [2.24, 2.45) is 35.5 Å². The van der Waals surface area contributed by atoms with Crippen molar-refractivity contribution < 1.29 is 4.79 Å². The summed E-state index contributed by atoms with van der Waals surface area (Å²) in [5.74, 6) is 6.54. The van der Waals surface area contributed by atoms with Crippen molar-refractivity contribution in [2.75, 3.05) is 59.3 Å². The predicted molar refractivity (Wildman–Crippen MR) is 246 cm³/mol. The summed E-state index contributed by atoms with van der Waals surface area (Å²) in [5, 5.41) is 20.1. The number of aromatic nitrogens is 10. The summed E-state index contributed by atoms with van der Waals surface area (Å²) in [7, 11) is 0. The Kier molecular flexibility index (Phi) is 13.4. The molecular formula is C46H54Cl2N14O. The predicted octanol–water partition coefficient (Wildman–Crippen LogP) is 8.07. The minimum Gasteiger partial charge on any atom is -0.385 e. The van der Waals surface area contributed by atoms with Gasteiger partial charge < -0.3 is 20.0 Å². The standard InChI is InChI=1S/C24H28ClN7O.C22H26ClN7/c1-17(33)32(22-4-2-21(3-5-22)31-15-28-29-16-31)11-8-19-12-23(19)18-6-9-30(10-7-18)24-26-13-20(25)14-27-24;23-18-12-25-22(26-13-18)29-9-6-16(7-10-29)21-11-17(21)5-8-24-19-1-3-20(4-2-19)30-14-27-28-15-30/h2-5,13-16,18-19,23H,6-12H2,1H3;1-4,12-17,21,24H,5-11H2/t19-,23-;17-,21-/m11/s1. The lowest BCUT2D eigenvalue weighted by Crippen LogP contribution is -2.35. The number of nitrogens with one attached hydrogen (secondary N) is 1. The maximum absolute atomic E-state index is 12.3. The van der Waals surface area contributed by atoms with E-state index in [4.69, 9.17) is 23.2 Å². The van der Waals surface area contributed by atoms with Gasteiger partial charge in [-0.15, -0.1) is 20.4 Å². The van der Waals surface area contributed by atoms with Gasteiger partial charge in [0.2, 0.25) is 17.8 Å². The molecule has 2 saturated heterocycles. The number of benzene rings is 2. The van der Waals surface area contributed by atoms with Crippen molar-refractivity contribution in [1.82, 2.24) is 49.5 Å². The summed E-state index contributed by atoms with van der Waals surface area (Å²) in [5.41, 5.74) is 4.15. The summed E-state index contributed by atoms with van der Waals surface area (Å²) in [6.07, 6.45) is 23.2. The molecule has 2 aromatic carbocycles. The summed E-state index contributed by atoms with van der Waals surface area (Å²) < 4.78 is 3.75. The van der Waals surface area contributed by atoms with Crippen LogP contribution in [0.15, 0.2) is 98.6 Å². The largest absolute Gasteiger partial charge is 0.385 e. The molecule has 0 spiro atoms. The fourth-order valence-corrected chi connectivity index (χ4v) is 9.94. The normalized spacial score (nSPS) is 21.1. The Bertz CT molecular complexity index is 2330. The molecule has 4 aromatic heterocycles. The van der Waals surface area contributed by atoms with Crippen molar-refractivity contribution in [2.45, 2.75) is 58.3 Å². The van der Waals surface area contributed by atoms with Gasteiger partial charge >= 0.3 is 0 Å². The third-order valence-electron chi connectivity index (χ3n) is 13.4.